The fourth-order valence-corrected chi connectivity index (χ4v) is 18.7. The summed E-state index contributed by atoms with van der Waals surface area (Å²) in [6, 6.07) is 155. The quantitative estimate of drug-likeness (QED) is 0.131. The van der Waals surface area contributed by atoms with Crippen LogP contribution in [0.1, 0.15) is 0 Å². The van der Waals surface area contributed by atoms with Crippen LogP contribution >= 0.6 is 0 Å². The summed E-state index contributed by atoms with van der Waals surface area (Å²) in [5.41, 5.74) is 31.1. The highest BCUT2D eigenvalue weighted by Gasteiger charge is 2.25. The van der Waals surface area contributed by atoms with Crippen molar-refractivity contribution in [2.75, 3.05) is 0 Å². The molecule has 532 valence electrons. The Morgan fingerprint density at radius 1 is 0.105 bits per heavy atom. The predicted octanol–water partition coefficient (Wildman–Crippen LogP) is 28.6. The number of hydrogen-bond acceptors (Lipinski definition) is 0. The third-order valence-electron chi connectivity index (χ3n) is 23.7. The summed E-state index contributed by atoms with van der Waals surface area (Å²) in [4.78, 5) is 0. The second-order valence-corrected chi connectivity index (χ2v) is 29.9. The summed E-state index contributed by atoms with van der Waals surface area (Å²) in [5, 5.41) is 15.2. The molecule has 0 N–H and O–H groups in total. The molecule has 0 unspecified atom stereocenters. The van der Waals surface area contributed by atoms with E-state index >= 15 is 0 Å². The summed E-state index contributed by atoms with van der Waals surface area (Å²) in [5.74, 6) is 0. The molecule has 6 heteroatoms. The van der Waals surface area contributed by atoms with Gasteiger partial charge in [0.15, 0.2) is 0 Å². The highest BCUT2D eigenvalue weighted by Crippen LogP contribution is 2.47. The van der Waals surface area contributed by atoms with Gasteiger partial charge in [-0.2, -0.15) is 0 Å². The van der Waals surface area contributed by atoms with Gasteiger partial charge in [-0.15, -0.1) is 0 Å². The molecule has 0 bridgehead atoms. The zero-order valence-electron chi connectivity index (χ0n) is 62.1. The molecule has 0 atom stereocenters. The zero-order chi connectivity index (χ0) is 74.9. The first kappa shape index (κ1) is 64.7. The van der Waals surface area contributed by atoms with Crippen molar-refractivity contribution >= 4 is 131 Å². The topological polar surface area (TPSA) is 29.6 Å². The summed E-state index contributed by atoms with van der Waals surface area (Å²) < 4.78 is 14.5. The van der Waals surface area contributed by atoms with Crippen molar-refractivity contribution in [2.45, 2.75) is 0 Å². The molecule has 24 rings (SSSR count). The number of para-hydroxylation sites is 8. The Kier molecular flexibility index (Phi) is 14.9. The fraction of sp³-hybridized carbons (Fsp3) is 0. The maximum Gasteiger partial charge on any atom is 0.0548 e. The SMILES string of the molecule is c1ccc(-c2ccc(-n3c4ccccc4c4c5c6ccccc6n(-c6ccc(-c7ccc8c(c7)c7ccccc7n8-c7ccccc7)cc6)c5ccc43)cc2)cc1.c1ccc(-c2cccc(-n3c4ccccc4c4c5c6ccccc6n(-c6cccc(-c7ccc8c(c7)c7ccccc7n8-c7ccccc7)c6)c5ccc43)c2)cc1. The normalized spacial score (nSPS) is 11.9. The molecular weight excluding hydrogens is 1380 g/mol. The van der Waals surface area contributed by atoms with Crippen LogP contribution in [0.25, 0.3) is 209 Å². The van der Waals surface area contributed by atoms with Crippen molar-refractivity contribution in [1.29, 1.82) is 0 Å². The fourth-order valence-electron chi connectivity index (χ4n) is 18.7. The van der Waals surface area contributed by atoms with Crippen LogP contribution in [0.2, 0.25) is 0 Å². The molecule has 6 aromatic heterocycles. The summed E-state index contributed by atoms with van der Waals surface area (Å²) in [6.07, 6.45) is 0. The minimum absolute atomic E-state index is 1.14. The van der Waals surface area contributed by atoms with Gasteiger partial charge in [0.05, 0.1) is 66.2 Å². The Balaban J connectivity index is 0.000000135. The first-order valence-corrected chi connectivity index (χ1v) is 39.2. The molecule has 0 aliphatic rings. The number of fused-ring (bicyclic) bond motifs is 20. The van der Waals surface area contributed by atoms with E-state index in [4.69, 9.17) is 0 Å². The summed E-state index contributed by atoms with van der Waals surface area (Å²) in [7, 11) is 0. The van der Waals surface area contributed by atoms with E-state index in [1.807, 2.05) is 0 Å². The van der Waals surface area contributed by atoms with Crippen LogP contribution in [-0.2, 0) is 0 Å². The van der Waals surface area contributed by atoms with Crippen LogP contribution in [0, 0.1) is 0 Å². The van der Waals surface area contributed by atoms with Gasteiger partial charge < -0.3 is 27.4 Å². The second kappa shape index (κ2) is 26.2. The zero-order valence-corrected chi connectivity index (χ0v) is 62.1. The van der Waals surface area contributed by atoms with Crippen LogP contribution in [0.4, 0.5) is 0 Å². The highest BCUT2D eigenvalue weighted by atomic mass is 15.0. The number of benzene rings is 18. The lowest BCUT2D eigenvalue weighted by atomic mass is 10.0. The third kappa shape index (κ3) is 10.2. The first-order chi connectivity index (χ1) is 56.6. The molecule has 6 heterocycles. The summed E-state index contributed by atoms with van der Waals surface area (Å²) in [6.45, 7) is 0. The molecule has 24 aromatic rings. The molecule has 6 nitrogen and oxygen atoms in total. The smallest absolute Gasteiger partial charge is 0.0548 e. The van der Waals surface area contributed by atoms with Crippen molar-refractivity contribution < 1.29 is 0 Å². The Morgan fingerprint density at radius 2 is 0.307 bits per heavy atom. The molecule has 0 radical (unpaired) electrons. The summed E-state index contributed by atoms with van der Waals surface area (Å²) >= 11 is 0. The van der Waals surface area contributed by atoms with Crippen molar-refractivity contribution in [3.63, 3.8) is 0 Å². The molecule has 0 fully saturated rings. The molecule has 0 aliphatic carbocycles. The lowest BCUT2D eigenvalue weighted by molar-refractivity contribution is 1.17. The average Bonchev–Trinajstić information content (AvgIpc) is 1.55. The molecule has 0 amide bonds. The van der Waals surface area contributed by atoms with E-state index in [9.17, 15) is 0 Å². The number of hydrogen-bond donors (Lipinski definition) is 0. The van der Waals surface area contributed by atoms with Crippen molar-refractivity contribution in [1.82, 2.24) is 27.4 Å². The van der Waals surface area contributed by atoms with E-state index in [2.05, 4.69) is 452 Å². The van der Waals surface area contributed by atoms with E-state index in [0.29, 0.717) is 0 Å². The maximum atomic E-state index is 2.45. The van der Waals surface area contributed by atoms with Crippen molar-refractivity contribution in [3.05, 3.63) is 425 Å². The molecule has 114 heavy (non-hydrogen) atoms. The van der Waals surface area contributed by atoms with E-state index in [1.54, 1.807) is 0 Å². The molecular formula is C108H70N6. The van der Waals surface area contributed by atoms with Crippen molar-refractivity contribution in [3.8, 4) is 78.6 Å². The Hall–Kier alpha value is -15.2. The molecule has 0 spiro atoms. The van der Waals surface area contributed by atoms with Crippen LogP contribution in [-0.4, -0.2) is 27.4 Å². The van der Waals surface area contributed by atoms with Gasteiger partial charge in [0.2, 0.25) is 0 Å². The maximum absolute atomic E-state index is 2.45. The van der Waals surface area contributed by atoms with Crippen LogP contribution in [0.3, 0.4) is 0 Å². The van der Waals surface area contributed by atoms with Gasteiger partial charge in [0.1, 0.15) is 0 Å². The molecule has 0 aliphatic heterocycles. The van der Waals surface area contributed by atoms with Crippen molar-refractivity contribution in [2.24, 2.45) is 0 Å². The first-order valence-electron chi connectivity index (χ1n) is 39.2. The van der Waals surface area contributed by atoms with Crippen LogP contribution < -0.4 is 0 Å². The standard InChI is InChI=1S/2C54H35N3/c1-3-15-36(16-4-1)37-17-13-21-41(33-37)56-48-27-11-8-24-44(48)53-51(56)31-32-52-54(53)45-25-9-12-28-49(45)57(52)42-22-14-18-38(34-42)39-29-30-50-46(35-39)43-23-7-10-26-47(43)55(50)40-19-5-2-6-20-40;1-3-13-36(14-4-1)37-23-28-41(29-24-37)56-48-21-11-8-18-44(48)53-51(56)33-34-52-54(53)45-19-9-12-22-49(45)57(52)42-30-25-38(26-31-42)39-27-32-50-46(35-39)43-17-7-10-20-47(43)55(50)40-15-5-2-6-16-40/h2*1-35H. The Morgan fingerprint density at radius 3 is 0.675 bits per heavy atom. The van der Waals surface area contributed by atoms with Gasteiger partial charge >= 0.3 is 0 Å². The van der Waals surface area contributed by atoms with E-state index in [-0.39, 0.29) is 0 Å². The third-order valence-corrected chi connectivity index (χ3v) is 23.7. The minimum Gasteiger partial charge on any atom is -0.309 e. The lowest BCUT2D eigenvalue weighted by Crippen LogP contribution is -1.95. The van der Waals surface area contributed by atoms with Gasteiger partial charge in [-0.1, -0.05) is 267 Å². The van der Waals surface area contributed by atoms with Crippen LogP contribution in [0.5, 0.6) is 0 Å². The van der Waals surface area contributed by atoms with Crippen LogP contribution in [0.15, 0.2) is 425 Å². The van der Waals surface area contributed by atoms with Gasteiger partial charge in [-0.3, -0.25) is 0 Å². The van der Waals surface area contributed by atoms with Gasteiger partial charge in [-0.05, 0) is 202 Å². The lowest BCUT2D eigenvalue weighted by Gasteiger charge is -2.12. The minimum atomic E-state index is 1.14. The van der Waals surface area contributed by atoms with Gasteiger partial charge in [0.25, 0.3) is 0 Å². The van der Waals surface area contributed by atoms with Gasteiger partial charge in [-0.25, -0.2) is 0 Å². The molecule has 18 aromatic carbocycles. The number of rotatable bonds is 10. The number of nitrogens with zero attached hydrogens (tertiary/aromatic N) is 6. The average molecular weight is 1450 g/mol. The van der Waals surface area contributed by atoms with Gasteiger partial charge in [0, 0.05) is 98.8 Å². The molecule has 0 saturated heterocycles. The number of aromatic nitrogens is 6. The second-order valence-electron chi connectivity index (χ2n) is 29.9. The van der Waals surface area contributed by atoms with E-state index < -0.39 is 0 Å². The monoisotopic (exact) mass is 1450 g/mol. The molecule has 0 saturated carbocycles. The Bertz CT molecular complexity index is 7930. The predicted molar refractivity (Wildman–Crippen MR) is 481 cm³/mol. The van der Waals surface area contributed by atoms with E-state index in [0.717, 1.165) is 22.7 Å². The Labute approximate surface area is 657 Å². The highest BCUT2D eigenvalue weighted by molar-refractivity contribution is 6.30. The largest absolute Gasteiger partial charge is 0.309 e. The van der Waals surface area contributed by atoms with E-state index in [1.165, 1.54) is 187 Å².